The van der Waals surface area contributed by atoms with Gasteiger partial charge in [-0.15, -0.1) is 5.10 Å². The Morgan fingerprint density at radius 1 is 1.18 bits per heavy atom. The highest BCUT2D eigenvalue weighted by Gasteiger charge is 2.34. The maximum absolute atomic E-state index is 13.9. The lowest BCUT2D eigenvalue weighted by Gasteiger charge is -2.22. The lowest BCUT2D eigenvalue weighted by atomic mass is 10.0. The molecule has 11 nitrogen and oxygen atoms in total. The second kappa shape index (κ2) is 17.4. The Bertz CT molecular complexity index is 1400. The molecular formula is C28H36ClF4N9O2. The van der Waals surface area contributed by atoms with Crippen LogP contribution in [-0.4, -0.2) is 46.9 Å². The Morgan fingerprint density at radius 3 is 2.23 bits per heavy atom. The SMILES string of the molecule is C=CC(=N)CN(N)/N=C(\N)C(F)(F)F.CC.Cc1cc(C#N)cc(C(=O)NC(C)(C)C)c1NC(=O)Nc1c(F)cccc1Cl. The Balaban J connectivity index is 0.000000976. The zero-order valence-corrected chi connectivity index (χ0v) is 25.8. The second-order valence-electron chi connectivity index (χ2n) is 9.52. The molecule has 0 unspecified atom stereocenters. The van der Waals surface area contributed by atoms with Crippen LogP contribution in [0.1, 0.15) is 56.1 Å². The van der Waals surface area contributed by atoms with Gasteiger partial charge in [0.25, 0.3) is 5.91 Å². The second-order valence-corrected chi connectivity index (χ2v) is 9.92. The number of amides is 3. The number of nitrogens with zero attached hydrogens (tertiary/aromatic N) is 3. The van der Waals surface area contributed by atoms with Gasteiger partial charge in [0.15, 0.2) is 0 Å². The number of alkyl halides is 3. The van der Waals surface area contributed by atoms with E-state index in [0.29, 0.717) is 10.7 Å². The van der Waals surface area contributed by atoms with Crippen molar-refractivity contribution in [2.24, 2.45) is 16.7 Å². The van der Waals surface area contributed by atoms with E-state index >= 15 is 0 Å². The van der Waals surface area contributed by atoms with Crippen molar-refractivity contribution in [1.29, 1.82) is 10.7 Å². The molecule has 0 saturated carbocycles. The molecule has 44 heavy (non-hydrogen) atoms. The van der Waals surface area contributed by atoms with Crippen LogP contribution in [0.15, 0.2) is 48.1 Å². The molecule has 0 radical (unpaired) electrons. The third kappa shape index (κ3) is 13.5. The highest BCUT2D eigenvalue weighted by atomic mass is 35.5. The van der Waals surface area contributed by atoms with Crippen LogP contribution in [0.2, 0.25) is 5.02 Å². The number of hydrazine groups is 1. The van der Waals surface area contributed by atoms with E-state index in [-0.39, 0.29) is 39.8 Å². The van der Waals surface area contributed by atoms with Crippen LogP contribution in [0.5, 0.6) is 0 Å². The number of nitrogens with one attached hydrogen (secondary N) is 4. The predicted octanol–water partition coefficient (Wildman–Crippen LogP) is 6.06. The highest BCUT2D eigenvalue weighted by Crippen LogP contribution is 2.27. The maximum Gasteiger partial charge on any atom is 0.450 e. The number of hydrogen-bond donors (Lipinski definition) is 6. The summed E-state index contributed by atoms with van der Waals surface area (Å²) in [6.45, 7) is 14.0. The number of carbonyl (C=O) groups is 2. The van der Waals surface area contributed by atoms with Gasteiger partial charge in [0.05, 0.1) is 45.8 Å². The molecule has 0 atom stereocenters. The number of hydrazone groups is 1. The van der Waals surface area contributed by atoms with Gasteiger partial charge in [-0.1, -0.05) is 38.1 Å². The Labute approximate surface area is 258 Å². The molecule has 0 aliphatic rings. The third-order valence-electron chi connectivity index (χ3n) is 4.74. The zero-order chi connectivity index (χ0) is 34.4. The van der Waals surface area contributed by atoms with Gasteiger partial charge in [-0.3, -0.25) is 4.79 Å². The van der Waals surface area contributed by atoms with Crippen molar-refractivity contribution in [2.75, 3.05) is 17.2 Å². The normalized spacial score (nSPS) is 10.9. The molecular weight excluding hydrogens is 606 g/mol. The summed E-state index contributed by atoms with van der Waals surface area (Å²) >= 11 is 5.92. The van der Waals surface area contributed by atoms with Crippen molar-refractivity contribution in [1.82, 2.24) is 10.4 Å². The number of hydrogen-bond acceptors (Lipinski definition) is 7. The van der Waals surface area contributed by atoms with E-state index in [9.17, 15) is 32.4 Å². The van der Waals surface area contributed by atoms with Gasteiger partial charge in [-0.25, -0.2) is 20.1 Å². The number of aryl methyl sites for hydroxylation is 1. The van der Waals surface area contributed by atoms with Gasteiger partial charge in [-0.05, 0) is 63.6 Å². The van der Waals surface area contributed by atoms with Crippen LogP contribution in [0, 0.1) is 29.5 Å². The number of para-hydroxylation sites is 1. The molecule has 2 aromatic rings. The van der Waals surface area contributed by atoms with Crippen LogP contribution in [0.3, 0.4) is 0 Å². The smallest absolute Gasteiger partial charge is 0.378 e. The molecule has 16 heteroatoms. The third-order valence-corrected chi connectivity index (χ3v) is 5.06. The van der Waals surface area contributed by atoms with Crippen molar-refractivity contribution in [3.05, 3.63) is 70.5 Å². The van der Waals surface area contributed by atoms with Crippen molar-refractivity contribution in [3.63, 3.8) is 0 Å². The number of benzene rings is 2. The van der Waals surface area contributed by atoms with E-state index in [1.54, 1.807) is 13.0 Å². The Kier molecular flexibility index (Phi) is 15.6. The lowest BCUT2D eigenvalue weighted by Crippen LogP contribution is -2.41. The number of urea groups is 1. The molecule has 3 amide bonds. The molecule has 2 aromatic carbocycles. The summed E-state index contributed by atoms with van der Waals surface area (Å²) < 4.78 is 49.3. The van der Waals surface area contributed by atoms with Gasteiger partial charge in [-0.2, -0.15) is 18.4 Å². The van der Waals surface area contributed by atoms with Crippen molar-refractivity contribution < 1.29 is 27.2 Å². The van der Waals surface area contributed by atoms with E-state index in [1.165, 1.54) is 18.2 Å². The summed E-state index contributed by atoms with van der Waals surface area (Å²) in [5.74, 6) is 2.32. The van der Waals surface area contributed by atoms with Crippen LogP contribution >= 0.6 is 11.6 Å². The molecule has 0 fully saturated rings. The van der Waals surface area contributed by atoms with E-state index in [0.717, 1.165) is 12.1 Å². The zero-order valence-electron chi connectivity index (χ0n) is 25.1. The number of amidine groups is 1. The number of rotatable bonds is 7. The van der Waals surface area contributed by atoms with Crippen molar-refractivity contribution >= 4 is 46.5 Å². The first-order chi connectivity index (χ1) is 20.3. The molecule has 8 N–H and O–H groups in total. The van der Waals surface area contributed by atoms with Gasteiger partial charge in [0.2, 0.25) is 5.84 Å². The van der Waals surface area contributed by atoms with E-state index in [4.69, 9.17) is 22.9 Å². The molecule has 0 heterocycles. The molecule has 2 rings (SSSR count). The number of nitriles is 1. The average molecular weight is 642 g/mol. The van der Waals surface area contributed by atoms with Gasteiger partial charge >= 0.3 is 12.2 Å². The number of nitrogens with two attached hydrogens (primary N) is 2. The number of halogens is 5. The molecule has 0 aromatic heterocycles. The summed E-state index contributed by atoms with van der Waals surface area (Å²) in [5, 5.41) is 27.2. The highest BCUT2D eigenvalue weighted by molar-refractivity contribution is 6.33. The monoisotopic (exact) mass is 641 g/mol. The van der Waals surface area contributed by atoms with Crippen LogP contribution in [0.4, 0.5) is 33.7 Å². The van der Waals surface area contributed by atoms with Crippen LogP contribution in [0.25, 0.3) is 0 Å². The van der Waals surface area contributed by atoms with Gasteiger partial charge in [0, 0.05) is 5.54 Å². The summed E-state index contributed by atoms with van der Waals surface area (Å²) in [7, 11) is 0. The van der Waals surface area contributed by atoms with E-state index in [1.807, 2.05) is 40.7 Å². The van der Waals surface area contributed by atoms with E-state index in [2.05, 4.69) is 33.4 Å². The largest absolute Gasteiger partial charge is 0.450 e. The predicted molar refractivity (Wildman–Crippen MR) is 165 cm³/mol. The van der Waals surface area contributed by atoms with Crippen LogP contribution < -0.4 is 27.5 Å². The van der Waals surface area contributed by atoms with Crippen molar-refractivity contribution in [3.8, 4) is 6.07 Å². The number of carbonyl (C=O) groups excluding carboxylic acids is 2. The molecule has 0 spiro atoms. The molecule has 0 bridgehead atoms. The first-order valence-electron chi connectivity index (χ1n) is 12.8. The first-order valence-corrected chi connectivity index (χ1v) is 13.2. The van der Waals surface area contributed by atoms with Gasteiger partial charge in [0.1, 0.15) is 5.82 Å². The summed E-state index contributed by atoms with van der Waals surface area (Å²) in [4.78, 5) is 25.1. The topological polar surface area (TPSA) is 186 Å². The summed E-state index contributed by atoms with van der Waals surface area (Å²) in [6, 6.07) is 8.16. The molecule has 240 valence electrons. The van der Waals surface area contributed by atoms with E-state index < -0.39 is 35.3 Å². The fourth-order valence-corrected chi connectivity index (χ4v) is 3.16. The standard InChI is InChI=1S/C20H20ClFN4O2.C6H10F3N5.C2H6/c1-11-8-12(10-23)9-13(18(27)26-20(2,3)4)16(11)24-19(28)25-17-14(21)6-5-7-15(17)22;1-2-4(10)3-14(12)13-5(11)6(7,8)9;1-2/h5-9H,1-4H3,(H,26,27)(H2,24,25,28);2,10H,1,3,12H2,(H2,11,13);1-2H3. The minimum absolute atomic E-state index is 0.0393. The van der Waals surface area contributed by atoms with Crippen LogP contribution in [-0.2, 0) is 0 Å². The first kappa shape index (κ1) is 39.3. The number of anilines is 2. The Morgan fingerprint density at radius 2 is 1.75 bits per heavy atom. The minimum Gasteiger partial charge on any atom is -0.378 e. The molecule has 0 saturated heterocycles. The summed E-state index contributed by atoms with van der Waals surface area (Å²) in [6.07, 6.45) is -3.58. The van der Waals surface area contributed by atoms with Crippen molar-refractivity contribution in [2.45, 2.75) is 53.3 Å². The maximum atomic E-state index is 13.9. The lowest BCUT2D eigenvalue weighted by molar-refractivity contribution is -0.0613. The fourth-order valence-electron chi connectivity index (χ4n) is 2.95. The molecule has 0 aliphatic heterocycles. The molecule has 0 aliphatic carbocycles. The average Bonchev–Trinajstić information content (AvgIpc) is 2.91. The fraction of sp³-hybridized carbons (Fsp3) is 0.321. The quantitative estimate of drug-likeness (QED) is 0.0701. The van der Waals surface area contributed by atoms with Gasteiger partial charge < -0.3 is 27.1 Å². The minimum atomic E-state index is -4.71. The Hall–Kier alpha value is -4.68. The summed E-state index contributed by atoms with van der Waals surface area (Å²) in [5.41, 5.74) is 4.94.